The molecule has 1 unspecified atom stereocenters. The van der Waals surface area contributed by atoms with Crippen molar-refractivity contribution in [3.8, 4) is 19.5 Å². The molecule has 0 saturated heterocycles. The first-order valence-corrected chi connectivity index (χ1v) is 29.9. The molecule has 0 saturated carbocycles. The Morgan fingerprint density at radius 1 is 0.388 bits per heavy atom. The zero-order valence-corrected chi connectivity index (χ0v) is 45.0. The number of imide groups is 2. The predicted octanol–water partition coefficient (Wildman–Crippen LogP) is 18.7. The second-order valence-corrected chi connectivity index (χ2v) is 24.4. The third-order valence-electron chi connectivity index (χ3n) is 14.5. The van der Waals surface area contributed by atoms with Crippen LogP contribution in [0.2, 0.25) is 0 Å². The van der Waals surface area contributed by atoms with Gasteiger partial charge in [0.05, 0.1) is 36.9 Å². The fraction of sp³-hybridized carbons (Fsp3) is 0.614. The van der Waals surface area contributed by atoms with Crippen LogP contribution < -0.4 is 0 Å². The number of fused-ring (bicyclic) bond motifs is 4. The summed E-state index contributed by atoms with van der Waals surface area (Å²) in [5, 5.41) is 2.35. The molecule has 0 N–H and O–H groups in total. The lowest BCUT2D eigenvalue weighted by molar-refractivity contribution is 0.0546. The minimum Gasteiger partial charge on any atom is -0.271 e. The molecule has 5 aromatic rings. The van der Waals surface area contributed by atoms with Crippen molar-refractivity contribution in [2.24, 2.45) is 0 Å². The van der Waals surface area contributed by atoms with Gasteiger partial charge in [-0.2, -0.15) is 0 Å². The van der Waals surface area contributed by atoms with Crippen molar-refractivity contribution < 1.29 is 19.2 Å². The Balaban J connectivity index is 1.27. The number of carbonyl (C=O) groups is 4. The molecular formula is C57H78N2O4S4. The number of amides is 4. The molecule has 6 heterocycles. The van der Waals surface area contributed by atoms with Crippen molar-refractivity contribution in [2.75, 3.05) is 0 Å². The highest BCUT2D eigenvalue weighted by Gasteiger charge is 2.49. The molecule has 2 aliphatic rings. The number of benzene rings is 1. The summed E-state index contributed by atoms with van der Waals surface area (Å²) in [5.74, 6) is -0.815. The molecule has 6 nitrogen and oxygen atoms in total. The number of aryl methyl sites for hydroxylation is 2. The molecule has 0 bridgehead atoms. The van der Waals surface area contributed by atoms with Crippen molar-refractivity contribution in [1.82, 2.24) is 9.80 Å². The Morgan fingerprint density at radius 3 is 1.21 bits per heavy atom. The van der Waals surface area contributed by atoms with Crippen LogP contribution in [0.15, 0.2) is 24.3 Å². The summed E-state index contributed by atoms with van der Waals surface area (Å²) in [5.41, 5.74) is 1.88. The van der Waals surface area contributed by atoms with Gasteiger partial charge in [-0.3, -0.25) is 29.0 Å². The van der Waals surface area contributed by atoms with Gasteiger partial charge < -0.3 is 0 Å². The number of hydrogen-bond donors (Lipinski definition) is 0. The Bertz CT molecular complexity index is 2400. The minimum absolute atomic E-state index is 0.151. The maximum absolute atomic E-state index is 15.4. The van der Waals surface area contributed by atoms with Gasteiger partial charge in [0.1, 0.15) is 0 Å². The molecule has 10 heteroatoms. The number of thiophene rings is 4. The SMILES string of the molecule is CCCCCCCCC(CCCCCCC)N1C(=O)c2c(C)sc(-c3sc(-c4cc5cc6sc(C)cc6cc5s4)c4c3C(=O)N(C(CCCCCCCC)CCCCCCCC)C4=O)c2C1=O. The van der Waals surface area contributed by atoms with Gasteiger partial charge in [-0.1, -0.05) is 175 Å². The number of carbonyl (C=O) groups excluding carboxylic acids is 4. The summed E-state index contributed by atoms with van der Waals surface area (Å²) in [6.45, 7) is 13.0. The maximum Gasteiger partial charge on any atom is 0.263 e. The van der Waals surface area contributed by atoms with Crippen LogP contribution in [0.4, 0.5) is 0 Å². The van der Waals surface area contributed by atoms with E-state index in [1.807, 2.05) is 6.92 Å². The van der Waals surface area contributed by atoms with Crippen LogP contribution in [-0.2, 0) is 0 Å². The molecule has 0 radical (unpaired) electrons. The van der Waals surface area contributed by atoms with E-state index in [1.165, 1.54) is 134 Å². The van der Waals surface area contributed by atoms with E-state index in [4.69, 9.17) is 0 Å². The van der Waals surface area contributed by atoms with Gasteiger partial charge in [0.25, 0.3) is 23.6 Å². The Hall–Kier alpha value is -3.18. The average Bonchev–Trinajstić information content (AvgIpc) is 4.15. The first kappa shape index (κ1) is 51.7. The van der Waals surface area contributed by atoms with Gasteiger partial charge in [0.15, 0.2) is 0 Å². The number of hydrogen-bond acceptors (Lipinski definition) is 8. The Kier molecular flexibility index (Phi) is 19.3. The molecule has 0 aliphatic carbocycles. The number of rotatable bonds is 31. The molecule has 1 aromatic carbocycles. The van der Waals surface area contributed by atoms with Crippen LogP contribution in [-0.4, -0.2) is 45.5 Å². The maximum atomic E-state index is 15.4. The summed E-state index contributed by atoms with van der Waals surface area (Å²) >= 11 is 6.41. The zero-order chi connectivity index (χ0) is 47.5. The molecule has 7 rings (SSSR count). The van der Waals surface area contributed by atoms with Gasteiger partial charge in [-0.25, -0.2) is 0 Å². The summed E-state index contributed by atoms with van der Waals surface area (Å²) in [6.07, 6.45) is 29.7. The summed E-state index contributed by atoms with van der Waals surface area (Å²) in [6, 6.07) is 8.62. The highest BCUT2D eigenvalue weighted by molar-refractivity contribution is 7.29. The lowest BCUT2D eigenvalue weighted by Gasteiger charge is -2.27. The van der Waals surface area contributed by atoms with E-state index in [0.717, 1.165) is 102 Å². The molecule has 2 aliphatic heterocycles. The highest BCUT2D eigenvalue weighted by atomic mass is 32.1. The normalized spacial score (nSPS) is 14.4. The lowest BCUT2D eigenvalue weighted by Crippen LogP contribution is -2.40. The van der Waals surface area contributed by atoms with Crippen LogP contribution in [0.1, 0.15) is 252 Å². The molecule has 4 aromatic heterocycles. The third kappa shape index (κ3) is 11.9. The van der Waals surface area contributed by atoms with Crippen molar-refractivity contribution >= 4 is 89.1 Å². The monoisotopic (exact) mass is 982 g/mol. The smallest absolute Gasteiger partial charge is 0.263 e. The van der Waals surface area contributed by atoms with Gasteiger partial charge >= 0.3 is 0 Å². The topological polar surface area (TPSA) is 74.8 Å². The van der Waals surface area contributed by atoms with E-state index in [9.17, 15) is 4.79 Å². The van der Waals surface area contributed by atoms with E-state index in [-0.39, 0.29) is 35.7 Å². The molecular weight excluding hydrogens is 905 g/mol. The second kappa shape index (κ2) is 25.1. The fourth-order valence-corrected chi connectivity index (χ4v) is 15.5. The van der Waals surface area contributed by atoms with Crippen LogP contribution in [0.3, 0.4) is 0 Å². The number of nitrogens with zero attached hydrogens (tertiary/aromatic N) is 2. The van der Waals surface area contributed by atoms with Gasteiger partial charge in [0.2, 0.25) is 0 Å². The molecule has 1 atom stereocenters. The van der Waals surface area contributed by atoms with E-state index < -0.39 is 0 Å². The first-order valence-electron chi connectivity index (χ1n) is 26.6. The number of unbranched alkanes of at least 4 members (excludes halogenated alkanes) is 19. The van der Waals surface area contributed by atoms with Crippen LogP contribution in [0.25, 0.3) is 39.7 Å². The summed E-state index contributed by atoms with van der Waals surface area (Å²) in [4.78, 5) is 68.9. The van der Waals surface area contributed by atoms with E-state index in [2.05, 4.69) is 58.9 Å². The van der Waals surface area contributed by atoms with Crippen LogP contribution >= 0.6 is 45.3 Å². The lowest BCUT2D eigenvalue weighted by atomic mass is 9.98. The third-order valence-corrected chi connectivity index (χ3v) is 19.2. The average molecular weight is 984 g/mol. The van der Waals surface area contributed by atoms with E-state index in [1.54, 1.807) is 32.5 Å². The quantitative estimate of drug-likeness (QED) is 0.0328. The minimum atomic E-state index is -0.224. The first-order chi connectivity index (χ1) is 32.6. The van der Waals surface area contributed by atoms with E-state index >= 15 is 14.4 Å². The van der Waals surface area contributed by atoms with Gasteiger partial charge in [-0.05, 0) is 74.6 Å². The van der Waals surface area contributed by atoms with Crippen LogP contribution in [0, 0.1) is 13.8 Å². The van der Waals surface area contributed by atoms with Crippen molar-refractivity contribution in [1.29, 1.82) is 0 Å². The van der Waals surface area contributed by atoms with Crippen molar-refractivity contribution in [3.63, 3.8) is 0 Å². The predicted molar refractivity (Wildman–Crippen MR) is 289 cm³/mol. The summed E-state index contributed by atoms with van der Waals surface area (Å²) < 4.78 is 2.39. The largest absolute Gasteiger partial charge is 0.271 e. The highest BCUT2D eigenvalue weighted by Crippen LogP contribution is 2.54. The van der Waals surface area contributed by atoms with Gasteiger partial charge in [-0.15, -0.1) is 45.3 Å². The van der Waals surface area contributed by atoms with Crippen LogP contribution in [0.5, 0.6) is 0 Å². The van der Waals surface area contributed by atoms with E-state index in [0.29, 0.717) is 32.0 Å². The van der Waals surface area contributed by atoms with Crippen molar-refractivity contribution in [2.45, 2.75) is 227 Å². The fourth-order valence-electron chi connectivity index (χ4n) is 10.8. The molecule has 0 fully saturated rings. The second-order valence-electron chi connectivity index (χ2n) is 19.8. The van der Waals surface area contributed by atoms with Crippen molar-refractivity contribution in [3.05, 3.63) is 56.3 Å². The summed E-state index contributed by atoms with van der Waals surface area (Å²) in [7, 11) is 0. The Labute approximate surface area is 418 Å². The molecule has 364 valence electrons. The molecule has 0 spiro atoms. The molecule has 4 amide bonds. The van der Waals surface area contributed by atoms with Gasteiger partial charge in [0, 0.05) is 36.1 Å². The standard InChI is InChI=1S/C57H78N2O4S4/c1-7-11-15-19-23-27-31-42(30-26-22-18-14-10-4)58-54(60)47-39(6)65-52(48(47)55(58)61)53-50-49(51(67-53)46-37-41-36-44-40(34-38(5)64-44)35-45(41)66-46)56(62)59(57(50)63)43(32-28-24-20-16-12-8-2)33-29-25-21-17-13-9-3/h34-37,42-43H,7-33H2,1-6H3. The zero-order valence-electron chi connectivity index (χ0n) is 41.7. The Morgan fingerprint density at radius 2 is 0.746 bits per heavy atom. The molecule has 67 heavy (non-hydrogen) atoms.